The molecule has 0 atom stereocenters. The number of nitrogens with zero attached hydrogens (tertiary/aromatic N) is 4. The Balaban J connectivity index is 1.49. The summed E-state index contributed by atoms with van der Waals surface area (Å²) in [5, 5.41) is 13.1. The van der Waals surface area contributed by atoms with Gasteiger partial charge in [-0.25, -0.2) is 19.3 Å². The number of ether oxygens (including phenoxy) is 2. The number of nitrogens with one attached hydrogen (secondary N) is 3. The van der Waals surface area contributed by atoms with E-state index in [-0.39, 0.29) is 27.5 Å². The molecule has 0 aliphatic heterocycles. The van der Waals surface area contributed by atoms with E-state index in [0.29, 0.717) is 23.1 Å². The Morgan fingerprint density at radius 2 is 1.71 bits per heavy atom. The summed E-state index contributed by atoms with van der Waals surface area (Å²) in [5.41, 5.74) is 1.89. The Kier molecular flexibility index (Phi) is 10.1. The summed E-state index contributed by atoms with van der Waals surface area (Å²) in [6.45, 7) is 2.11. The van der Waals surface area contributed by atoms with Crippen LogP contribution in [0.3, 0.4) is 0 Å². The van der Waals surface area contributed by atoms with Gasteiger partial charge in [-0.3, -0.25) is 10.6 Å². The molecule has 2 aromatic heterocycles. The summed E-state index contributed by atoms with van der Waals surface area (Å²) in [4.78, 5) is 30.5. The van der Waals surface area contributed by atoms with Crippen LogP contribution in [-0.2, 0) is 6.42 Å². The lowest BCUT2D eigenvalue weighted by Crippen LogP contribution is -2.27. The molecule has 0 unspecified atom stereocenters. The number of aryl methyl sites for hydroxylation is 1. The van der Waals surface area contributed by atoms with Gasteiger partial charge in [0.25, 0.3) is 0 Å². The van der Waals surface area contributed by atoms with E-state index in [0.717, 1.165) is 30.6 Å². The summed E-state index contributed by atoms with van der Waals surface area (Å²) < 4.78 is 12.8. The normalized spacial score (nSPS) is 10.6. The number of pyridine rings is 1. The van der Waals surface area contributed by atoms with E-state index in [2.05, 4.69) is 33.0 Å². The minimum absolute atomic E-state index is 0.0896. The molecule has 220 valence electrons. The highest BCUT2D eigenvalue weighted by Gasteiger charge is 2.17. The van der Waals surface area contributed by atoms with Crippen LogP contribution in [0.1, 0.15) is 25.5 Å². The van der Waals surface area contributed by atoms with Crippen LogP contribution in [0, 0.1) is 0 Å². The van der Waals surface area contributed by atoms with Crippen LogP contribution in [0.4, 0.5) is 26.9 Å². The number of halogens is 2. The van der Waals surface area contributed by atoms with Crippen molar-refractivity contribution in [2.24, 2.45) is 0 Å². The van der Waals surface area contributed by atoms with Gasteiger partial charge >= 0.3 is 12.1 Å². The largest absolute Gasteiger partial charge is 0.497 e. The number of hydrogen-bond donors (Lipinski definition) is 3. The van der Waals surface area contributed by atoms with Crippen molar-refractivity contribution in [1.82, 2.24) is 19.7 Å². The fourth-order valence-corrected chi connectivity index (χ4v) is 4.19. The molecule has 4 aromatic rings. The number of aromatic nitrogens is 3. The zero-order valence-corrected chi connectivity index (χ0v) is 25.1. The maximum absolute atomic E-state index is 13.0. The number of amides is 4. The molecule has 2 heterocycles. The zero-order chi connectivity index (χ0) is 30.2. The molecular weight excluding hydrogens is 581 g/mol. The molecule has 4 amide bonds. The third-order valence-corrected chi connectivity index (χ3v) is 6.87. The van der Waals surface area contributed by atoms with Gasteiger partial charge in [0, 0.05) is 32.4 Å². The van der Waals surface area contributed by atoms with Gasteiger partial charge in [-0.1, -0.05) is 36.5 Å². The molecule has 0 aliphatic carbocycles. The molecule has 4 rings (SSSR count). The number of urea groups is 2. The lowest BCUT2D eigenvalue weighted by molar-refractivity contribution is 0.230. The molecule has 13 heteroatoms. The van der Waals surface area contributed by atoms with Crippen LogP contribution in [0.25, 0.3) is 5.69 Å². The number of unbranched alkanes of at least 4 members (excludes halogenated alkanes) is 1. The predicted molar refractivity (Wildman–Crippen MR) is 165 cm³/mol. The van der Waals surface area contributed by atoms with E-state index in [1.54, 1.807) is 50.2 Å². The summed E-state index contributed by atoms with van der Waals surface area (Å²) in [5.74, 6) is 2.13. The highest BCUT2D eigenvalue weighted by Crippen LogP contribution is 2.39. The molecule has 0 radical (unpaired) electrons. The first-order valence-corrected chi connectivity index (χ1v) is 13.9. The Morgan fingerprint density at radius 1 is 0.952 bits per heavy atom. The monoisotopic (exact) mass is 611 g/mol. The van der Waals surface area contributed by atoms with Crippen LogP contribution < -0.4 is 25.4 Å². The van der Waals surface area contributed by atoms with Crippen molar-refractivity contribution in [3.8, 4) is 22.9 Å². The van der Waals surface area contributed by atoms with Gasteiger partial charge in [0.1, 0.15) is 33.9 Å². The second-order valence-electron chi connectivity index (χ2n) is 9.36. The number of carbonyl (C=O) groups excluding carboxylic acids is 2. The van der Waals surface area contributed by atoms with Gasteiger partial charge in [-0.05, 0) is 55.3 Å². The molecule has 11 nitrogen and oxygen atoms in total. The van der Waals surface area contributed by atoms with Crippen molar-refractivity contribution >= 4 is 52.6 Å². The minimum atomic E-state index is -0.534. The molecule has 0 saturated heterocycles. The molecule has 0 aliphatic rings. The third-order valence-electron chi connectivity index (χ3n) is 6.00. The molecule has 0 spiro atoms. The van der Waals surface area contributed by atoms with Gasteiger partial charge in [0.2, 0.25) is 0 Å². The smallest absolute Gasteiger partial charge is 0.324 e. The minimum Gasteiger partial charge on any atom is -0.497 e. The molecule has 0 fully saturated rings. The number of benzene rings is 2. The zero-order valence-electron chi connectivity index (χ0n) is 23.6. The van der Waals surface area contributed by atoms with E-state index >= 15 is 0 Å². The van der Waals surface area contributed by atoms with E-state index in [1.807, 2.05) is 30.3 Å². The van der Waals surface area contributed by atoms with Crippen molar-refractivity contribution in [2.45, 2.75) is 26.2 Å². The van der Waals surface area contributed by atoms with E-state index < -0.39 is 6.03 Å². The van der Waals surface area contributed by atoms with Gasteiger partial charge in [-0.2, -0.15) is 5.10 Å². The first kappa shape index (κ1) is 30.5. The Bertz CT molecular complexity index is 1560. The van der Waals surface area contributed by atoms with Gasteiger partial charge in [0.15, 0.2) is 0 Å². The van der Waals surface area contributed by atoms with Crippen molar-refractivity contribution in [1.29, 1.82) is 0 Å². The molecular formula is C29H31Cl2N7O4. The van der Waals surface area contributed by atoms with Crippen molar-refractivity contribution < 1.29 is 19.1 Å². The summed E-state index contributed by atoms with van der Waals surface area (Å²) >= 11 is 13.0. The fourth-order valence-electron chi connectivity index (χ4n) is 3.79. The van der Waals surface area contributed by atoms with Crippen LogP contribution in [0.2, 0.25) is 10.0 Å². The van der Waals surface area contributed by atoms with Gasteiger partial charge in [-0.15, -0.1) is 0 Å². The third kappa shape index (κ3) is 7.62. The fraction of sp³-hybridized carbons (Fsp3) is 0.241. The van der Waals surface area contributed by atoms with Gasteiger partial charge in [0.05, 0.1) is 29.2 Å². The highest BCUT2D eigenvalue weighted by molar-refractivity contribution is 6.45. The Morgan fingerprint density at radius 3 is 2.40 bits per heavy atom. The summed E-state index contributed by atoms with van der Waals surface area (Å²) in [6.07, 6.45) is 4.26. The van der Waals surface area contributed by atoms with Crippen LogP contribution in [0.5, 0.6) is 17.2 Å². The molecule has 3 N–H and O–H groups in total. The lowest BCUT2D eigenvalue weighted by atomic mass is 10.2. The maximum atomic E-state index is 13.0. The average molecular weight is 613 g/mol. The number of methoxy groups -OCH3 is 1. The van der Waals surface area contributed by atoms with Crippen molar-refractivity contribution in [2.75, 3.05) is 37.2 Å². The first-order chi connectivity index (χ1) is 20.2. The standard InChI is InChI=1S/C29H31Cl2N7O4/c1-5-6-7-18-16-25(38(36-18)19-8-10-20(41-4)11-9-19)35-28(39)33-22-12-13-23(27(31)26(22)30)42-21-14-15-32-24(17-21)34-29(40)37(2)3/h8-17H,5-7H2,1-4H3,(H,32,34,40)(H2,33,35,39). The van der Waals surface area contributed by atoms with E-state index in [4.69, 9.17) is 32.7 Å². The van der Waals surface area contributed by atoms with Crippen molar-refractivity contribution in [3.05, 3.63) is 76.5 Å². The quantitative estimate of drug-likeness (QED) is 0.171. The lowest BCUT2D eigenvalue weighted by Gasteiger charge is -2.15. The van der Waals surface area contributed by atoms with E-state index in [1.165, 1.54) is 11.1 Å². The second-order valence-corrected chi connectivity index (χ2v) is 10.1. The topological polar surface area (TPSA) is 123 Å². The molecule has 0 bridgehead atoms. The van der Waals surface area contributed by atoms with Gasteiger partial charge < -0.3 is 19.7 Å². The Hall–Kier alpha value is -4.48. The van der Waals surface area contributed by atoms with Crippen LogP contribution >= 0.6 is 23.2 Å². The van der Waals surface area contributed by atoms with Crippen molar-refractivity contribution in [3.63, 3.8) is 0 Å². The number of hydrogen-bond acceptors (Lipinski definition) is 6. The summed E-state index contributed by atoms with van der Waals surface area (Å²) in [6, 6.07) is 14.6. The van der Waals surface area contributed by atoms with Crippen LogP contribution in [-0.4, -0.2) is 52.9 Å². The van der Waals surface area contributed by atoms with Crippen LogP contribution in [0.15, 0.2) is 60.8 Å². The second kappa shape index (κ2) is 13.9. The first-order valence-electron chi connectivity index (χ1n) is 13.1. The summed E-state index contributed by atoms with van der Waals surface area (Å²) in [7, 11) is 4.84. The number of carbonyl (C=O) groups is 2. The number of anilines is 3. The Labute approximate surface area is 253 Å². The SMILES string of the molecule is CCCCc1cc(NC(=O)Nc2ccc(Oc3ccnc(NC(=O)N(C)C)c3)c(Cl)c2Cl)n(-c2ccc(OC)cc2)n1. The predicted octanol–water partition coefficient (Wildman–Crippen LogP) is 7.46. The molecule has 42 heavy (non-hydrogen) atoms. The molecule has 2 aromatic carbocycles. The van der Waals surface area contributed by atoms with E-state index in [9.17, 15) is 9.59 Å². The number of rotatable bonds is 10. The average Bonchev–Trinajstić information content (AvgIpc) is 3.38. The molecule has 0 saturated carbocycles. The highest BCUT2D eigenvalue weighted by atomic mass is 35.5. The maximum Gasteiger partial charge on any atom is 0.324 e.